The lowest BCUT2D eigenvalue weighted by molar-refractivity contribution is 0.324. The second-order valence-electron chi connectivity index (χ2n) is 9.50. The lowest BCUT2D eigenvalue weighted by atomic mass is 9.86. The molecule has 2 aromatic carbocycles. The number of aromatic nitrogens is 3. The summed E-state index contributed by atoms with van der Waals surface area (Å²) in [6.07, 6.45) is 6.80. The van der Waals surface area contributed by atoms with E-state index in [0.717, 1.165) is 59.9 Å². The lowest BCUT2D eigenvalue weighted by Crippen LogP contribution is -2.31. The van der Waals surface area contributed by atoms with Crippen LogP contribution in [0.5, 0.6) is 5.75 Å². The van der Waals surface area contributed by atoms with Gasteiger partial charge in [-0.3, -0.25) is 0 Å². The molecule has 1 aliphatic rings. The molecule has 0 atom stereocenters. The van der Waals surface area contributed by atoms with E-state index in [1.54, 1.807) is 7.11 Å². The zero-order chi connectivity index (χ0) is 23.5. The number of hydrogen-bond acceptors (Lipinski definition) is 6. The Bertz CT molecular complexity index is 1260. The number of fused-ring (bicyclic) bond motifs is 2. The van der Waals surface area contributed by atoms with Gasteiger partial charge in [0.25, 0.3) is 0 Å². The molecule has 0 amide bonds. The molecule has 1 fully saturated rings. The second-order valence-corrected chi connectivity index (χ2v) is 9.50. The molecular formula is C27H34N6O. The molecule has 7 heteroatoms. The minimum absolute atomic E-state index is 0.425. The fourth-order valence-electron chi connectivity index (χ4n) is 5.00. The first kappa shape index (κ1) is 22.5. The van der Waals surface area contributed by atoms with Crippen LogP contribution >= 0.6 is 0 Å². The molecule has 7 nitrogen and oxygen atoms in total. The van der Waals surface area contributed by atoms with Crippen molar-refractivity contribution in [2.45, 2.75) is 38.3 Å². The van der Waals surface area contributed by atoms with Crippen molar-refractivity contribution in [2.24, 2.45) is 5.92 Å². The molecule has 1 saturated carbocycles. The third kappa shape index (κ3) is 4.80. The Morgan fingerprint density at radius 1 is 1.03 bits per heavy atom. The van der Waals surface area contributed by atoms with Gasteiger partial charge in [0, 0.05) is 49.2 Å². The quantitative estimate of drug-likeness (QED) is 0.347. The van der Waals surface area contributed by atoms with E-state index >= 15 is 0 Å². The molecule has 3 N–H and O–H groups in total. The van der Waals surface area contributed by atoms with Crippen molar-refractivity contribution < 1.29 is 4.74 Å². The van der Waals surface area contributed by atoms with Gasteiger partial charge in [0.05, 0.1) is 12.6 Å². The van der Waals surface area contributed by atoms with Gasteiger partial charge in [-0.2, -0.15) is 4.98 Å². The summed E-state index contributed by atoms with van der Waals surface area (Å²) in [6.45, 7) is 1.91. The maximum Gasteiger partial charge on any atom is 0.225 e. The minimum Gasteiger partial charge on any atom is -0.497 e. The van der Waals surface area contributed by atoms with Gasteiger partial charge >= 0.3 is 0 Å². The van der Waals surface area contributed by atoms with Crippen molar-refractivity contribution in [3.05, 3.63) is 54.2 Å². The van der Waals surface area contributed by atoms with E-state index in [1.807, 2.05) is 32.3 Å². The third-order valence-corrected chi connectivity index (χ3v) is 6.91. The van der Waals surface area contributed by atoms with Gasteiger partial charge in [-0.05, 0) is 74.0 Å². The fourth-order valence-corrected chi connectivity index (χ4v) is 5.00. The highest BCUT2D eigenvalue weighted by atomic mass is 16.5. The Morgan fingerprint density at radius 2 is 1.85 bits per heavy atom. The van der Waals surface area contributed by atoms with Gasteiger partial charge in [-0.15, -0.1) is 0 Å². The SMILES string of the molecule is COc1ccc2[nH]cc(CNCC3CCC(Nc4nc(N(C)C)c5ccccc5n4)CC3)c2c1. The van der Waals surface area contributed by atoms with Crippen LogP contribution in [0.25, 0.3) is 21.8 Å². The standard InChI is InChI=1S/C27H34N6O/c1-33(2)26-22-6-4-5-7-25(22)31-27(32-26)30-20-10-8-18(9-11-20)15-28-16-19-17-29-24-13-12-21(34-3)14-23(19)24/h4-7,12-14,17-18,20,28-29H,8-11,15-16H2,1-3H3,(H,30,31,32). The smallest absolute Gasteiger partial charge is 0.225 e. The zero-order valence-corrected chi connectivity index (χ0v) is 20.3. The minimum atomic E-state index is 0.425. The van der Waals surface area contributed by atoms with Gasteiger partial charge in [0.15, 0.2) is 0 Å². The van der Waals surface area contributed by atoms with Gasteiger partial charge in [-0.1, -0.05) is 12.1 Å². The summed E-state index contributed by atoms with van der Waals surface area (Å²) >= 11 is 0. The van der Waals surface area contributed by atoms with Gasteiger partial charge in [0.1, 0.15) is 11.6 Å². The number of anilines is 2. The Hall–Kier alpha value is -3.32. The summed E-state index contributed by atoms with van der Waals surface area (Å²) in [7, 11) is 5.78. The Labute approximate surface area is 200 Å². The van der Waals surface area contributed by atoms with Crippen LogP contribution in [0.3, 0.4) is 0 Å². The van der Waals surface area contributed by atoms with Crippen molar-refractivity contribution in [2.75, 3.05) is 38.0 Å². The van der Waals surface area contributed by atoms with Crippen LogP contribution in [-0.4, -0.2) is 48.7 Å². The molecule has 0 aliphatic heterocycles. The number of nitrogens with zero attached hydrogens (tertiary/aromatic N) is 3. The first-order chi connectivity index (χ1) is 16.6. The van der Waals surface area contributed by atoms with Crippen LogP contribution in [-0.2, 0) is 6.54 Å². The number of hydrogen-bond donors (Lipinski definition) is 3. The van der Waals surface area contributed by atoms with Crippen molar-refractivity contribution in [3.8, 4) is 5.75 Å². The molecule has 0 unspecified atom stereocenters. The largest absolute Gasteiger partial charge is 0.497 e. The number of rotatable bonds is 8. The normalized spacial score (nSPS) is 18.3. The summed E-state index contributed by atoms with van der Waals surface area (Å²) in [5.74, 6) is 3.29. The van der Waals surface area contributed by atoms with E-state index in [1.165, 1.54) is 23.8 Å². The van der Waals surface area contributed by atoms with E-state index in [2.05, 4.69) is 51.0 Å². The number of methoxy groups -OCH3 is 1. The Balaban J connectivity index is 1.14. The number of H-pyrrole nitrogens is 1. The average Bonchev–Trinajstić information content (AvgIpc) is 3.26. The second kappa shape index (κ2) is 9.89. The average molecular weight is 459 g/mol. The van der Waals surface area contributed by atoms with Crippen LogP contribution in [0.1, 0.15) is 31.2 Å². The fraction of sp³-hybridized carbons (Fsp3) is 0.407. The number of nitrogens with one attached hydrogen (secondary N) is 3. The summed E-state index contributed by atoms with van der Waals surface area (Å²) in [6, 6.07) is 14.8. The van der Waals surface area contributed by atoms with E-state index in [-0.39, 0.29) is 0 Å². The van der Waals surface area contributed by atoms with E-state index in [0.29, 0.717) is 12.0 Å². The Kier molecular flexibility index (Phi) is 6.54. The number of para-hydroxylation sites is 1. The number of aromatic amines is 1. The topological polar surface area (TPSA) is 78.1 Å². The monoisotopic (exact) mass is 458 g/mol. The van der Waals surface area contributed by atoms with E-state index < -0.39 is 0 Å². The molecule has 0 spiro atoms. The highest BCUT2D eigenvalue weighted by Crippen LogP contribution is 2.29. The third-order valence-electron chi connectivity index (χ3n) is 6.91. The summed E-state index contributed by atoms with van der Waals surface area (Å²) in [4.78, 5) is 15.0. The van der Waals surface area contributed by atoms with E-state index in [9.17, 15) is 0 Å². The summed E-state index contributed by atoms with van der Waals surface area (Å²) in [5, 5.41) is 9.61. The molecule has 0 bridgehead atoms. The molecule has 4 aromatic rings. The lowest BCUT2D eigenvalue weighted by Gasteiger charge is -2.29. The molecule has 34 heavy (non-hydrogen) atoms. The van der Waals surface area contributed by atoms with Crippen LogP contribution in [0.15, 0.2) is 48.7 Å². The number of ether oxygens (including phenoxy) is 1. The summed E-state index contributed by atoms with van der Waals surface area (Å²) in [5.41, 5.74) is 3.42. The molecule has 1 aliphatic carbocycles. The van der Waals surface area contributed by atoms with Crippen molar-refractivity contribution in [3.63, 3.8) is 0 Å². The van der Waals surface area contributed by atoms with Gasteiger partial charge < -0.3 is 25.3 Å². The van der Waals surface area contributed by atoms with Gasteiger partial charge in [-0.25, -0.2) is 4.98 Å². The first-order valence-electron chi connectivity index (χ1n) is 12.2. The molecule has 178 valence electrons. The maximum absolute atomic E-state index is 5.39. The van der Waals surface area contributed by atoms with Crippen LogP contribution in [0.4, 0.5) is 11.8 Å². The van der Waals surface area contributed by atoms with Crippen molar-refractivity contribution in [1.82, 2.24) is 20.3 Å². The highest BCUT2D eigenvalue weighted by Gasteiger charge is 2.22. The van der Waals surface area contributed by atoms with Crippen LogP contribution in [0.2, 0.25) is 0 Å². The van der Waals surface area contributed by atoms with E-state index in [4.69, 9.17) is 14.7 Å². The molecule has 2 heterocycles. The predicted molar refractivity (Wildman–Crippen MR) is 140 cm³/mol. The highest BCUT2D eigenvalue weighted by molar-refractivity contribution is 5.90. The van der Waals surface area contributed by atoms with Crippen molar-refractivity contribution in [1.29, 1.82) is 0 Å². The Morgan fingerprint density at radius 3 is 2.65 bits per heavy atom. The zero-order valence-electron chi connectivity index (χ0n) is 20.3. The van der Waals surface area contributed by atoms with Crippen molar-refractivity contribution >= 4 is 33.6 Å². The molecule has 0 saturated heterocycles. The van der Waals surface area contributed by atoms with Gasteiger partial charge in [0.2, 0.25) is 5.95 Å². The van der Waals surface area contributed by atoms with Crippen LogP contribution in [0, 0.1) is 5.92 Å². The summed E-state index contributed by atoms with van der Waals surface area (Å²) < 4.78 is 5.39. The maximum atomic E-state index is 5.39. The predicted octanol–water partition coefficient (Wildman–Crippen LogP) is 4.95. The number of benzene rings is 2. The first-order valence-corrected chi connectivity index (χ1v) is 12.2. The molecule has 2 aromatic heterocycles. The molecule has 5 rings (SSSR count). The molecular weight excluding hydrogens is 424 g/mol. The van der Waals surface area contributed by atoms with Crippen LogP contribution < -0.4 is 20.3 Å². The molecule has 0 radical (unpaired) electrons.